The smallest absolute Gasteiger partial charge is 0.309 e. The number of hydrogen-bond acceptors (Lipinski definition) is 3. The Kier molecular flexibility index (Phi) is 7.52. The first-order chi connectivity index (χ1) is 9.45. The fourth-order valence-corrected chi connectivity index (χ4v) is 2.65. The van der Waals surface area contributed by atoms with Gasteiger partial charge in [-0.1, -0.05) is 13.3 Å². The Labute approximate surface area is 123 Å². The number of likely N-dealkylation sites (tertiary alicyclic amines) is 1. The third kappa shape index (κ3) is 6.23. The average molecular weight is 285 g/mol. The summed E-state index contributed by atoms with van der Waals surface area (Å²) in [6.45, 7) is 9.91. The van der Waals surface area contributed by atoms with Crippen LogP contribution in [0.4, 0.5) is 0 Å². The molecule has 4 heteroatoms. The summed E-state index contributed by atoms with van der Waals surface area (Å²) < 4.78 is 5.83. The monoisotopic (exact) mass is 285 g/mol. The van der Waals surface area contributed by atoms with Crippen molar-refractivity contribution < 1.29 is 14.6 Å². The Morgan fingerprint density at radius 1 is 1.40 bits per heavy atom. The average Bonchev–Trinajstić information content (AvgIpc) is 2.41. The number of carboxylic acids is 1. The van der Waals surface area contributed by atoms with Crippen molar-refractivity contribution in [3.05, 3.63) is 0 Å². The van der Waals surface area contributed by atoms with E-state index in [-0.39, 0.29) is 0 Å². The molecule has 1 saturated heterocycles. The minimum Gasteiger partial charge on any atom is -0.481 e. The SMILES string of the molecule is CCCOC1CCCN(CCCCC(C)(C)C(=O)O)C1. The third-order valence-corrected chi connectivity index (χ3v) is 4.13. The molecule has 1 N–H and O–H groups in total. The van der Waals surface area contributed by atoms with E-state index in [1.807, 2.05) is 13.8 Å². The van der Waals surface area contributed by atoms with Crippen molar-refractivity contribution in [3.8, 4) is 0 Å². The van der Waals surface area contributed by atoms with Crippen LogP contribution >= 0.6 is 0 Å². The van der Waals surface area contributed by atoms with Crippen LogP contribution < -0.4 is 0 Å². The zero-order chi connectivity index (χ0) is 15.0. The van der Waals surface area contributed by atoms with Crippen molar-refractivity contribution in [2.45, 2.75) is 65.4 Å². The second-order valence-corrected chi connectivity index (χ2v) is 6.58. The lowest BCUT2D eigenvalue weighted by atomic mass is 9.87. The van der Waals surface area contributed by atoms with Gasteiger partial charge in [0.25, 0.3) is 0 Å². The van der Waals surface area contributed by atoms with E-state index in [0.717, 1.165) is 51.9 Å². The molecule has 4 nitrogen and oxygen atoms in total. The van der Waals surface area contributed by atoms with Crippen LogP contribution in [0.2, 0.25) is 0 Å². The molecule has 0 aromatic heterocycles. The van der Waals surface area contributed by atoms with E-state index in [4.69, 9.17) is 9.84 Å². The van der Waals surface area contributed by atoms with Gasteiger partial charge in [-0.3, -0.25) is 4.79 Å². The van der Waals surface area contributed by atoms with E-state index < -0.39 is 11.4 Å². The van der Waals surface area contributed by atoms with Gasteiger partial charge in [0.15, 0.2) is 0 Å². The first-order valence-electron chi connectivity index (χ1n) is 8.03. The Morgan fingerprint density at radius 2 is 2.15 bits per heavy atom. The first-order valence-corrected chi connectivity index (χ1v) is 8.03. The molecule has 0 saturated carbocycles. The second kappa shape index (κ2) is 8.63. The molecule has 1 rings (SSSR count). The summed E-state index contributed by atoms with van der Waals surface area (Å²) in [5.41, 5.74) is -0.589. The standard InChI is InChI=1S/C16H31NO3/c1-4-12-20-14-8-7-11-17(13-14)10-6-5-9-16(2,3)15(18)19/h14H,4-13H2,1-3H3,(H,18,19). The molecule has 1 atom stereocenters. The van der Waals surface area contributed by atoms with Gasteiger partial charge >= 0.3 is 5.97 Å². The van der Waals surface area contributed by atoms with Gasteiger partial charge in [-0.15, -0.1) is 0 Å². The third-order valence-electron chi connectivity index (χ3n) is 4.13. The largest absolute Gasteiger partial charge is 0.481 e. The molecule has 1 fully saturated rings. The van der Waals surface area contributed by atoms with Crippen LogP contribution in [0.1, 0.15) is 59.3 Å². The number of piperidine rings is 1. The van der Waals surface area contributed by atoms with Crippen LogP contribution in [0, 0.1) is 5.41 Å². The zero-order valence-electron chi connectivity index (χ0n) is 13.4. The quantitative estimate of drug-likeness (QED) is 0.661. The molecule has 1 aliphatic rings. The number of ether oxygens (including phenoxy) is 1. The minimum atomic E-state index is -0.691. The van der Waals surface area contributed by atoms with Crippen LogP contribution in [0.25, 0.3) is 0 Å². The molecule has 1 unspecified atom stereocenters. The van der Waals surface area contributed by atoms with Gasteiger partial charge in [-0.25, -0.2) is 0 Å². The molecule has 0 amide bonds. The molecule has 118 valence electrons. The molecule has 1 aliphatic heterocycles. The summed E-state index contributed by atoms with van der Waals surface area (Å²) in [7, 11) is 0. The van der Waals surface area contributed by atoms with E-state index in [2.05, 4.69) is 11.8 Å². The Hall–Kier alpha value is -0.610. The highest BCUT2D eigenvalue weighted by atomic mass is 16.5. The maximum Gasteiger partial charge on any atom is 0.309 e. The van der Waals surface area contributed by atoms with E-state index in [0.29, 0.717) is 6.10 Å². The van der Waals surface area contributed by atoms with Crippen molar-refractivity contribution in [1.82, 2.24) is 4.90 Å². The normalized spacial score (nSPS) is 21.1. The predicted molar refractivity (Wildman–Crippen MR) is 81.0 cm³/mol. The van der Waals surface area contributed by atoms with Crippen molar-refractivity contribution in [1.29, 1.82) is 0 Å². The highest BCUT2D eigenvalue weighted by Gasteiger charge is 2.26. The number of unbranched alkanes of at least 4 members (excludes halogenated alkanes) is 1. The van der Waals surface area contributed by atoms with Crippen molar-refractivity contribution in [2.24, 2.45) is 5.41 Å². The fraction of sp³-hybridized carbons (Fsp3) is 0.938. The summed E-state index contributed by atoms with van der Waals surface area (Å²) in [6, 6.07) is 0. The molecule has 0 aromatic rings. The van der Waals surface area contributed by atoms with Gasteiger partial charge in [-0.2, -0.15) is 0 Å². The molecule has 0 aromatic carbocycles. The number of aliphatic carboxylic acids is 1. The van der Waals surface area contributed by atoms with E-state index in [9.17, 15) is 4.79 Å². The highest BCUT2D eigenvalue weighted by Crippen LogP contribution is 2.23. The lowest BCUT2D eigenvalue weighted by molar-refractivity contribution is -0.147. The van der Waals surface area contributed by atoms with E-state index in [1.54, 1.807) is 0 Å². The summed E-state index contributed by atoms with van der Waals surface area (Å²) >= 11 is 0. The maximum atomic E-state index is 11.0. The molecule has 0 spiro atoms. The summed E-state index contributed by atoms with van der Waals surface area (Å²) in [5.74, 6) is -0.691. The van der Waals surface area contributed by atoms with E-state index >= 15 is 0 Å². The van der Waals surface area contributed by atoms with Gasteiger partial charge < -0.3 is 14.7 Å². The summed E-state index contributed by atoms with van der Waals surface area (Å²) in [6.07, 6.45) is 6.71. The van der Waals surface area contributed by atoms with Crippen LogP contribution in [-0.4, -0.2) is 48.3 Å². The van der Waals surface area contributed by atoms with Crippen LogP contribution in [0.5, 0.6) is 0 Å². The Morgan fingerprint density at radius 3 is 2.80 bits per heavy atom. The van der Waals surface area contributed by atoms with Gasteiger partial charge in [0.2, 0.25) is 0 Å². The predicted octanol–water partition coefficient (Wildman–Crippen LogP) is 3.16. The van der Waals surface area contributed by atoms with Gasteiger partial charge in [-0.05, 0) is 59.0 Å². The number of carbonyl (C=O) groups is 1. The summed E-state index contributed by atoms with van der Waals surface area (Å²) in [5, 5.41) is 9.08. The fourth-order valence-electron chi connectivity index (χ4n) is 2.65. The highest BCUT2D eigenvalue weighted by molar-refractivity contribution is 5.73. The van der Waals surface area contributed by atoms with Crippen LogP contribution in [0.15, 0.2) is 0 Å². The molecular weight excluding hydrogens is 254 g/mol. The topological polar surface area (TPSA) is 49.8 Å². The summed E-state index contributed by atoms with van der Waals surface area (Å²) in [4.78, 5) is 13.5. The van der Waals surface area contributed by atoms with Crippen molar-refractivity contribution >= 4 is 5.97 Å². The Balaban J connectivity index is 2.17. The molecule has 0 aliphatic carbocycles. The van der Waals surface area contributed by atoms with Crippen LogP contribution in [0.3, 0.4) is 0 Å². The first kappa shape index (κ1) is 17.4. The van der Waals surface area contributed by atoms with Crippen LogP contribution in [-0.2, 0) is 9.53 Å². The maximum absolute atomic E-state index is 11.0. The number of hydrogen-bond donors (Lipinski definition) is 1. The number of carboxylic acid groups (broad SMARTS) is 1. The molecule has 0 bridgehead atoms. The number of rotatable bonds is 9. The second-order valence-electron chi connectivity index (χ2n) is 6.58. The number of nitrogens with zero attached hydrogens (tertiary/aromatic N) is 1. The molecule has 20 heavy (non-hydrogen) atoms. The lowest BCUT2D eigenvalue weighted by Crippen LogP contribution is -2.40. The minimum absolute atomic E-state index is 0.402. The molecular formula is C16H31NO3. The van der Waals surface area contributed by atoms with Gasteiger partial charge in [0.1, 0.15) is 0 Å². The van der Waals surface area contributed by atoms with E-state index in [1.165, 1.54) is 12.8 Å². The molecule has 1 heterocycles. The lowest BCUT2D eigenvalue weighted by Gasteiger charge is -2.32. The Bertz CT molecular complexity index is 291. The molecule has 0 radical (unpaired) electrons. The zero-order valence-corrected chi connectivity index (χ0v) is 13.4. The van der Waals surface area contributed by atoms with Gasteiger partial charge in [0.05, 0.1) is 11.5 Å². The van der Waals surface area contributed by atoms with Crippen molar-refractivity contribution in [3.63, 3.8) is 0 Å². The van der Waals surface area contributed by atoms with Crippen molar-refractivity contribution in [2.75, 3.05) is 26.2 Å². The van der Waals surface area contributed by atoms with Gasteiger partial charge in [0, 0.05) is 13.2 Å².